The van der Waals surface area contributed by atoms with E-state index in [1.165, 1.54) is 32.7 Å². The van der Waals surface area contributed by atoms with Crippen LogP contribution < -0.4 is 10.4 Å². The van der Waals surface area contributed by atoms with Gasteiger partial charge in [0.15, 0.2) is 0 Å². The fourth-order valence-corrected chi connectivity index (χ4v) is 4.32. The Morgan fingerprint density at radius 3 is 1.85 bits per heavy atom. The molecule has 34 heavy (non-hydrogen) atoms. The van der Waals surface area contributed by atoms with Crippen molar-refractivity contribution in [2.24, 2.45) is 0 Å². The Bertz CT molecular complexity index is 1310. The van der Waals surface area contributed by atoms with Crippen molar-refractivity contribution in [3.8, 4) is 0 Å². The minimum atomic E-state index is 0.842. The highest BCUT2D eigenvalue weighted by atomic mass is 14.1. The van der Waals surface area contributed by atoms with Crippen molar-refractivity contribution in [3.63, 3.8) is 0 Å². The van der Waals surface area contributed by atoms with E-state index in [0.717, 1.165) is 24.0 Å². The summed E-state index contributed by atoms with van der Waals surface area (Å²) in [6.07, 6.45) is 16.4. The van der Waals surface area contributed by atoms with Gasteiger partial charge in [-0.15, -0.1) is 0 Å². The molecule has 2 aromatic carbocycles. The van der Waals surface area contributed by atoms with Crippen LogP contribution in [0.3, 0.4) is 0 Å². The molecule has 0 atom stereocenters. The molecular weight excluding hydrogens is 408 g/mol. The molecular formula is C34H34. The highest BCUT2D eigenvalue weighted by Crippen LogP contribution is 2.25. The molecule has 3 rings (SSSR count). The zero-order valence-corrected chi connectivity index (χ0v) is 20.4. The van der Waals surface area contributed by atoms with Crippen LogP contribution >= 0.6 is 0 Å². The summed E-state index contributed by atoms with van der Waals surface area (Å²) >= 11 is 0. The Labute approximate surface area is 205 Å². The average molecular weight is 443 g/mol. The summed E-state index contributed by atoms with van der Waals surface area (Å²) in [6, 6.07) is 27.7. The van der Waals surface area contributed by atoms with E-state index in [2.05, 4.69) is 123 Å². The lowest BCUT2D eigenvalue weighted by Gasteiger charge is -2.15. The van der Waals surface area contributed by atoms with Crippen LogP contribution in [-0.4, -0.2) is 0 Å². The Kier molecular flexibility index (Phi) is 9.43. The van der Waals surface area contributed by atoms with Gasteiger partial charge in [0, 0.05) is 0 Å². The highest BCUT2D eigenvalue weighted by molar-refractivity contribution is 5.73. The van der Waals surface area contributed by atoms with E-state index in [4.69, 9.17) is 0 Å². The largest absolute Gasteiger partial charge is 0.0985 e. The van der Waals surface area contributed by atoms with E-state index in [-0.39, 0.29) is 0 Å². The Hall–Kier alpha value is -3.90. The third-order valence-electron chi connectivity index (χ3n) is 6.07. The summed E-state index contributed by atoms with van der Waals surface area (Å²) in [4.78, 5) is 0. The fraction of sp³-hybridized carbons (Fsp3) is 0.118. The first kappa shape index (κ1) is 24.7. The summed E-state index contributed by atoms with van der Waals surface area (Å²) in [7, 11) is 0. The molecule has 0 amide bonds. The van der Waals surface area contributed by atoms with Crippen LogP contribution in [0.4, 0.5) is 0 Å². The third-order valence-corrected chi connectivity index (χ3v) is 6.07. The first-order chi connectivity index (χ1) is 16.7. The van der Waals surface area contributed by atoms with Crippen molar-refractivity contribution in [2.75, 3.05) is 0 Å². The van der Waals surface area contributed by atoms with E-state index in [0.29, 0.717) is 0 Å². The lowest BCUT2D eigenvalue weighted by atomic mass is 9.90. The lowest BCUT2D eigenvalue weighted by molar-refractivity contribution is 1.25. The predicted molar refractivity (Wildman–Crippen MR) is 150 cm³/mol. The Balaban J connectivity index is 2.51. The summed E-state index contributed by atoms with van der Waals surface area (Å²) in [5.74, 6) is 0. The second-order valence-corrected chi connectivity index (χ2v) is 8.09. The van der Waals surface area contributed by atoms with Gasteiger partial charge in [-0.1, -0.05) is 135 Å². The smallest absolute Gasteiger partial charge is 0.00822 e. The molecule has 0 aromatic heterocycles. The molecule has 0 fully saturated rings. The number of fused-ring (bicyclic) bond motifs is 1. The Morgan fingerprint density at radius 1 is 0.706 bits per heavy atom. The van der Waals surface area contributed by atoms with Crippen molar-refractivity contribution in [1.29, 1.82) is 0 Å². The number of hydrogen-bond acceptors (Lipinski definition) is 0. The third kappa shape index (κ3) is 6.11. The van der Waals surface area contributed by atoms with Crippen LogP contribution in [0.2, 0.25) is 0 Å². The topological polar surface area (TPSA) is 0 Å². The second-order valence-electron chi connectivity index (χ2n) is 8.09. The molecule has 0 bridgehead atoms. The minimum absolute atomic E-state index is 0.842. The van der Waals surface area contributed by atoms with Gasteiger partial charge in [-0.3, -0.25) is 0 Å². The normalized spacial score (nSPS) is 19.5. The molecule has 0 saturated heterocycles. The van der Waals surface area contributed by atoms with Crippen molar-refractivity contribution >= 4 is 11.1 Å². The van der Waals surface area contributed by atoms with Gasteiger partial charge in [-0.2, -0.15) is 0 Å². The molecule has 0 saturated carbocycles. The van der Waals surface area contributed by atoms with E-state index < -0.39 is 0 Å². The van der Waals surface area contributed by atoms with E-state index in [1.54, 1.807) is 0 Å². The number of rotatable bonds is 5. The van der Waals surface area contributed by atoms with Crippen LogP contribution in [-0.2, 0) is 0 Å². The minimum Gasteiger partial charge on any atom is -0.0985 e. The number of allylic oxidation sites excluding steroid dienone is 10. The first-order valence-electron chi connectivity index (χ1n) is 11.9. The molecule has 1 aliphatic carbocycles. The van der Waals surface area contributed by atoms with Gasteiger partial charge in [0.2, 0.25) is 0 Å². The first-order valence-corrected chi connectivity index (χ1v) is 11.9. The zero-order valence-electron chi connectivity index (χ0n) is 20.4. The molecule has 0 N–H and O–H groups in total. The monoisotopic (exact) mass is 442 g/mol. The van der Waals surface area contributed by atoms with Crippen molar-refractivity contribution in [2.45, 2.75) is 26.7 Å². The van der Waals surface area contributed by atoms with Gasteiger partial charge in [0.05, 0.1) is 0 Å². The van der Waals surface area contributed by atoms with Gasteiger partial charge >= 0.3 is 0 Å². The molecule has 1 aliphatic rings. The molecule has 2 aromatic rings. The number of benzene rings is 1. The molecule has 0 nitrogen and oxygen atoms in total. The average Bonchev–Trinajstić information content (AvgIpc) is 2.87. The lowest BCUT2D eigenvalue weighted by Crippen LogP contribution is -2.30. The zero-order chi connectivity index (χ0) is 24.2. The van der Waals surface area contributed by atoms with Crippen LogP contribution in [0, 0.1) is 0 Å². The van der Waals surface area contributed by atoms with E-state index in [9.17, 15) is 0 Å². The molecule has 0 heterocycles. The molecule has 0 unspecified atom stereocenters. The number of hydrogen-bond donors (Lipinski definition) is 0. The highest BCUT2D eigenvalue weighted by Gasteiger charge is 2.10. The van der Waals surface area contributed by atoms with Gasteiger partial charge in [0.25, 0.3) is 0 Å². The van der Waals surface area contributed by atoms with Gasteiger partial charge in [-0.05, 0) is 70.6 Å². The van der Waals surface area contributed by atoms with Crippen LogP contribution in [0.5, 0.6) is 0 Å². The summed E-state index contributed by atoms with van der Waals surface area (Å²) in [5.41, 5.74) is 7.28. The molecule has 0 heteroatoms. The predicted octanol–water partition coefficient (Wildman–Crippen LogP) is 7.70. The quantitative estimate of drug-likeness (QED) is 0.416. The van der Waals surface area contributed by atoms with Gasteiger partial charge in [0.1, 0.15) is 0 Å². The van der Waals surface area contributed by atoms with Crippen LogP contribution in [0.1, 0.15) is 32.3 Å². The van der Waals surface area contributed by atoms with Crippen molar-refractivity contribution < 1.29 is 0 Å². The fourth-order valence-electron chi connectivity index (χ4n) is 4.32. The molecule has 0 spiro atoms. The molecule has 0 aliphatic heterocycles. The maximum atomic E-state index is 4.12. The van der Waals surface area contributed by atoms with Crippen molar-refractivity contribution in [1.82, 2.24) is 0 Å². The summed E-state index contributed by atoms with van der Waals surface area (Å²) in [5, 5.41) is 2.53. The van der Waals surface area contributed by atoms with E-state index >= 15 is 0 Å². The maximum absolute atomic E-state index is 4.12. The standard InChI is InChI=1S/C34H34/c1-5-28(6-2)30(7-3)27(4)31-23-17-13-14-18-24-32(34-26-20-19-25-33(31)34)29-21-15-11-9-8-10-12-16-22-29/h5-22,25-26H,1,3,23-24H2,2,4H3/b9-8?,10-8?,11-9?,12-10?,15-11?,16-12?,17-13-,18-14-,21-15?,22-16?,28-6-,29-21?,29-22?,30-27+,33-31+,34-32+. The Morgan fingerprint density at radius 2 is 1.26 bits per heavy atom. The van der Waals surface area contributed by atoms with Crippen molar-refractivity contribution in [3.05, 3.63) is 167 Å². The van der Waals surface area contributed by atoms with Gasteiger partial charge < -0.3 is 0 Å². The second kappa shape index (κ2) is 13.0. The SMILES string of the molecule is C=CC(=C/C)/C(C=C)=C(C)/C1=c2\cccc\c2=C(/c2ccccccccc2)C/C=C\C=C/C1. The molecule has 0 radical (unpaired) electrons. The maximum Gasteiger partial charge on any atom is -0.00822 e. The summed E-state index contributed by atoms with van der Waals surface area (Å²) < 4.78 is 0. The van der Waals surface area contributed by atoms with E-state index in [1.807, 2.05) is 25.1 Å². The van der Waals surface area contributed by atoms with Gasteiger partial charge in [-0.25, -0.2) is 0 Å². The molecule has 170 valence electrons. The van der Waals surface area contributed by atoms with Crippen LogP contribution in [0.15, 0.2) is 151 Å². The summed E-state index contributed by atoms with van der Waals surface area (Å²) in [6.45, 7) is 12.4. The van der Waals surface area contributed by atoms with Crippen LogP contribution in [0.25, 0.3) is 11.1 Å².